The number of nitrogens with zero attached hydrogens (tertiary/aromatic N) is 2. The molecule has 0 fully saturated rings. The third-order valence-electron chi connectivity index (χ3n) is 3.36. The van der Waals surface area contributed by atoms with Crippen molar-refractivity contribution in [3.63, 3.8) is 0 Å². The standard InChI is InChI=1S/C20H17N2/c1-4-10-17(11-5-1)16-21-22-20(18-12-6-2-7-13-18)19-14-8-3-9-15-19/h1-15H,16H2/q-1. The summed E-state index contributed by atoms with van der Waals surface area (Å²) in [5.41, 5.74) is 8.59. The Bertz CT molecular complexity index is 678. The summed E-state index contributed by atoms with van der Waals surface area (Å²) in [6.07, 6.45) is 0. The minimum absolute atomic E-state index is 0.587. The molecule has 2 nitrogen and oxygen atoms in total. The van der Waals surface area contributed by atoms with Gasteiger partial charge in [0, 0.05) is 0 Å². The summed E-state index contributed by atoms with van der Waals surface area (Å²) < 4.78 is 0. The van der Waals surface area contributed by atoms with E-state index < -0.39 is 0 Å². The SMILES string of the molecule is c1ccc(C[N-]N=C(c2ccccc2)c2ccccc2)cc1. The molecule has 0 bridgehead atoms. The molecular formula is C20H17N2-. The highest BCUT2D eigenvalue weighted by Gasteiger charge is 2.02. The Morgan fingerprint density at radius 3 is 1.59 bits per heavy atom. The molecule has 3 aromatic rings. The second-order valence-corrected chi connectivity index (χ2v) is 4.97. The third-order valence-corrected chi connectivity index (χ3v) is 3.36. The van der Waals surface area contributed by atoms with Crippen molar-refractivity contribution >= 4 is 5.71 Å². The fourth-order valence-electron chi connectivity index (χ4n) is 2.25. The molecule has 108 valence electrons. The van der Waals surface area contributed by atoms with Gasteiger partial charge in [0.15, 0.2) is 0 Å². The van der Waals surface area contributed by atoms with Crippen molar-refractivity contribution < 1.29 is 0 Å². The first-order valence-electron chi connectivity index (χ1n) is 7.33. The summed E-state index contributed by atoms with van der Waals surface area (Å²) in [7, 11) is 0. The highest BCUT2D eigenvalue weighted by Crippen LogP contribution is 2.14. The lowest BCUT2D eigenvalue weighted by Gasteiger charge is -2.18. The summed E-state index contributed by atoms with van der Waals surface area (Å²) >= 11 is 0. The predicted molar refractivity (Wildman–Crippen MR) is 92.0 cm³/mol. The van der Waals surface area contributed by atoms with Crippen LogP contribution in [-0.4, -0.2) is 5.71 Å². The number of benzene rings is 3. The second-order valence-electron chi connectivity index (χ2n) is 4.97. The van der Waals surface area contributed by atoms with E-state index in [1.807, 2.05) is 54.6 Å². The van der Waals surface area contributed by atoms with Gasteiger partial charge >= 0.3 is 0 Å². The van der Waals surface area contributed by atoms with Gasteiger partial charge in [0.05, 0.1) is 5.71 Å². The molecule has 0 aliphatic heterocycles. The van der Waals surface area contributed by atoms with Gasteiger partial charge in [0.1, 0.15) is 0 Å². The quantitative estimate of drug-likeness (QED) is 0.465. The zero-order chi connectivity index (χ0) is 15.0. The summed E-state index contributed by atoms with van der Waals surface area (Å²) in [5.74, 6) is 0. The molecule has 0 saturated carbocycles. The Morgan fingerprint density at radius 1 is 0.636 bits per heavy atom. The maximum absolute atomic E-state index is 4.50. The van der Waals surface area contributed by atoms with Gasteiger partial charge in [-0.3, -0.25) is 0 Å². The van der Waals surface area contributed by atoms with E-state index in [9.17, 15) is 0 Å². The molecule has 0 saturated heterocycles. The summed E-state index contributed by atoms with van der Waals surface area (Å²) in [6, 6.07) is 30.5. The van der Waals surface area contributed by atoms with E-state index in [1.54, 1.807) is 0 Å². The lowest BCUT2D eigenvalue weighted by Crippen LogP contribution is -2.02. The van der Waals surface area contributed by atoms with Gasteiger partial charge in [-0.2, -0.15) is 0 Å². The summed E-state index contributed by atoms with van der Waals surface area (Å²) in [5, 5.41) is 4.50. The first kappa shape index (κ1) is 14.1. The fraction of sp³-hybridized carbons (Fsp3) is 0.0500. The monoisotopic (exact) mass is 285 g/mol. The normalized spacial score (nSPS) is 10.0. The molecule has 0 unspecified atom stereocenters. The Kier molecular flexibility index (Phi) is 4.63. The van der Waals surface area contributed by atoms with E-state index in [1.165, 1.54) is 0 Å². The minimum atomic E-state index is 0.587. The topological polar surface area (TPSA) is 26.5 Å². The van der Waals surface area contributed by atoms with E-state index >= 15 is 0 Å². The van der Waals surface area contributed by atoms with Crippen molar-refractivity contribution in [1.82, 2.24) is 0 Å². The van der Waals surface area contributed by atoms with Crippen LogP contribution in [0.4, 0.5) is 0 Å². The first-order chi connectivity index (χ1) is 10.9. The van der Waals surface area contributed by atoms with Gasteiger partial charge < -0.3 is 10.5 Å². The van der Waals surface area contributed by atoms with E-state index in [4.69, 9.17) is 0 Å². The van der Waals surface area contributed by atoms with Crippen LogP contribution in [0.3, 0.4) is 0 Å². The van der Waals surface area contributed by atoms with Crippen LogP contribution in [-0.2, 0) is 6.54 Å². The molecule has 3 rings (SSSR count). The van der Waals surface area contributed by atoms with Gasteiger partial charge in [0.25, 0.3) is 0 Å². The van der Waals surface area contributed by atoms with Crippen LogP contribution in [0.15, 0.2) is 96.1 Å². The van der Waals surface area contributed by atoms with Gasteiger partial charge in [-0.25, -0.2) is 0 Å². The maximum atomic E-state index is 4.50. The summed E-state index contributed by atoms with van der Waals surface area (Å²) in [4.78, 5) is 0. The highest BCUT2D eigenvalue weighted by atomic mass is 15.3. The van der Waals surface area contributed by atoms with Crippen LogP contribution in [0, 0.1) is 0 Å². The minimum Gasteiger partial charge on any atom is -0.598 e. The Hall–Kier alpha value is -2.87. The Morgan fingerprint density at radius 2 is 1.09 bits per heavy atom. The van der Waals surface area contributed by atoms with Gasteiger partial charge in [-0.15, -0.1) is 0 Å². The molecule has 22 heavy (non-hydrogen) atoms. The molecule has 2 heteroatoms. The lowest BCUT2D eigenvalue weighted by atomic mass is 10.0. The molecule has 0 atom stereocenters. The van der Waals surface area contributed by atoms with Crippen LogP contribution in [0.1, 0.15) is 16.7 Å². The van der Waals surface area contributed by atoms with Crippen LogP contribution < -0.4 is 0 Å². The van der Waals surface area contributed by atoms with Gasteiger partial charge in [-0.1, -0.05) is 103 Å². The molecular weight excluding hydrogens is 268 g/mol. The van der Waals surface area contributed by atoms with Crippen molar-refractivity contribution in [3.8, 4) is 0 Å². The average molecular weight is 285 g/mol. The van der Waals surface area contributed by atoms with Crippen LogP contribution >= 0.6 is 0 Å². The molecule has 0 aromatic heterocycles. The van der Waals surface area contributed by atoms with Crippen molar-refractivity contribution in [1.29, 1.82) is 0 Å². The number of hydrogen-bond donors (Lipinski definition) is 0. The van der Waals surface area contributed by atoms with E-state index in [-0.39, 0.29) is 0 Å². The van der Waals surface area contributed by atoms with Crippen molar-refractivity contribution in [3.05, 3.63) is 113 Å². The average Bonchev–Trinajstić information content (AvgIpc) is 2.61. The van der Waals surface area contributed by atoms with E-state index in [2.05, 4.69) is 46.9 Å². The van der Waals surface area contributed by atoms with E-state index in [0.717, 1.165) is 22.4 Å². The van der Waals surface area contributed by atoms with Gasteiger partial charge in [-0.05, 0) is 11.1 Å². The second kappa shape index (κ2) is 7.23. The molecule has 0 heterocycles. The molecule has 0 spiro atoms. The molecule has 0 aliphatic carbocycles. The van der Waals surface area contributed by atoms with Crippen LogP contribution in [0.2, 0.25) is 0 Å². The predicted octanol–water partition coefficient (Wildman–Crippen LogP) is 5.01. The highest BCUT2D eigenvalue weighted by molar-refractivity contribution is 6.13. The molecule has 0 N–H and O–H groups in total. The maximum Gasteiger partial charge on any atom is 0.0556 e. The Labute approximate surface area is 131 Å². The van der Waals surface area contributed by atoms with Crippen LogP contribution in [0.25, 0.3) is 5.43 Å². The largest absolute Gasteiger partial charge is 0.598 e. The van der Waals surface area contributed by atoms with E-state index in [0.29, 0.717) is 6.54 Å². The molecule has 0 amide bonds. The van der Waals surface area contributed by atoms with Gasteiger partial charge in [0.2, 0.25) is 0 Å². The van der Waals surface area contributed by atoms with Crippen molar-refractivity contribution in [2.75, 3.05) is 0 Å². The molecule has 3 aromatic carbocycles. The third kappa shape index (κ3) is 3.61. The Balaban J connectivity index is 1.84. The molecule has 0 radical (unpaired) electrons. The van der Waals surface area contributed by atoms with Crippen molar-refractivity contribution in [2.45, 2.75) is 6.54 Å². The zero-order valence-corrected chi connectivity index (χ0v) is 12.3. The summed E-state index contributed by atoms with van der Waals surface area (Å²) in [6.45, 7) is 0.587. The first-order valence-corrected chi connectivity index (χ1v) is 7.33. The number of rotatable bonds is 5. The fourth-order valence-corrected chi connectivity index (χ4v) is 2.25. The van der Waals surface area contributed by atoms with Crippen molar-refractivity contribution in [2.24, 2.45) is 5.10 Å². The zero-order valence-electron chi connectivity index (χ0n) is 12.3. The number of hydrogen-bond acceptors (Lipinski definition) is 1. The smallest absolute Gasteiger partial charge is 0.0556 e. The van der Waals surface area contributed by atoms with Crippen LogP contribution in [0.5, 0.6) is 0 Å². The molecule has 0 aliphatic rings. The lowest BCUT2D eigenvalue weighted by molar-refractivity contribution is 1.13.